The van der Waals surface area contributed by atoms with Crippen molar-refractivity contribution in [3.05, 3.63) is 54.1 Å². The summed E-state index contributed by atoms with van der Waals surface area (Å²) in [6.45, 7) is 2.16. The molecule has 0 aliphatic carbocycles. The third kappa shape index (κ3) is 2.36. The topological polar surface area (TPSA) is 49.6 Å². The number of likely N-dealkylation sites (tertiary alicyclic amines) is 1. The van der Waals surface area contributed by atoms with E-state index in [2.05, 4.69) is 25.0 Å². The number of hydrogen-bond acceptors (Lipinski definition) is 5. The Morgan fingerprint density at radius 2 is 2.08 bits per heavy atom. The number of hydrogen-bond donors (Lipinski definition) is 0. The minimum absolute atomic E-state index is 0.323. The van der Waals surface area contributed by atoms with E-state index >= 15 is 0 Å². The number of benzene rings is 1. The van der Waals surface area contributed by atoms with Crippen LogP contribution in [0.25, 0.3) is 5.65 Å². The van der Waals surface area contributed by atoms with E-state index in [1.54, 1.807) is 12.5 Å². The highest BCUT2D eigenvalue weighted by molar-refractivity contribution is 5.64. The van der Waals surface area contributed by atoms with Crippen LogP contribution in [0, 0.1) is 11.6 Å². The molecule has 25 heavy (non-hydrogen) atoms. The summed E-state index contributed by atoms with van der Waals surface area (Å²) in [5, 5.41) is 8.11. The highest BCUT2D eigenvalue weighted by Gasteiger charge is 2.44. The van der Waals surface area contributed by atoms with Gasteiger partial charge >= 0.3 is 0 Å². The Kier molecular flexibility index (Phi) is 3.21. The Bertz CT molecular complexity index is 942. The third-order valence-corrected chi connectivity index (χ3v) is 5.21. The number of anilines is 1. The summed E-state index contributed by atoms with van der Waals surface area (Å²) in [6, 6.07) is 4.46. The molecule has 0 radical (unpaired) electrons. The lowest BCUT2D eigenvalue weighted by molar-refractivity contribution is 0.227. The van der Waals surface area contributed by atoms with Gasteiger partial charge in [-0.1, -0.05) is 6.07 Å². The van der Waals surface area contributed by atoms with Crippen molar-refractivity contribution in [2.75, 3.05) is 18.0 Å². The highest BCUT2D eigenvalue weighted by atomic mass is 19.1. The molecular formula is C17H16F2N6. The van der Waals surface area contributed by atoms with E-state index in [4.69, 9.17) is 0 Å². The van der Waals surface area contributed by atoms with Gasteiger partial charge < -0.3 is 4.90 Å². The fourth-order valence-corrected chi connectivity index (χ4v) is 4.02. The molecule has 0 saturated carbocycles. The summed E-state index contributed by atoms with van der Waals surface area (Å²) in [6.07, 6.45) is 6.26. The van der Waals surface area contributed by atoms with Crippen LogP contribution in [-0.4, -0.2) is 49.7 Å². The molecule has 1 aromatic carbocycles. The summed E-state index contributed by atoms with van der Waals surface area (Å²) in [4.78, 5) is 9.03. The first-order valence-corrected chi connectivity index (χ1v) is 8.28. The van der Waals surface area contributed by atoms with E-state index in [0.717, 1.165) is 37.0 Å². The van der Waals surface area contributed by atoms with Gasteiger partial charge in [0.15, 0.2) is 5.82 Å². The summed E-state index contributed by atoms with van der Waals surface area (Å²) in [7, 11) is 0. The van der Waals surface area contributed by atoms with Crippen molar-refractivity contribution in [2.45, 2.75) is 25.0 Å². The number of aromatic nitrogens is 4. The van der Waals surface area contributed by atoms with Crippen molar-refractivity contribution in [1.82, 2.24) is 24.5 Å². The van der Waals surface area contributed by atoms with Crippen molar-refractivity contribution >= 4 is 11.5 Å². The zero-order chi connectivity index (χ0) is 17.0. The summed E-state index contributed by atoms with van der Waals surface area (Å²) >= 11 is 0. The van der Waals surface area contributed by atoms with E-state index in [0.29, 0.717) is 24.2 Å². The Labute approximate surface area is 142 Å². The van der Waals surface area contributed by atoms with Gasteiger partial charge in [-0.25, -0.2) is 13.8 Å². The van der Waals surface area contributed by atoms with Gasteiger partial charge in [-0.2, -0.15) is 0 Å². The first-order chi connectivity index (χ1) is 12.2. The Balaban J connectivity index is 1.36. The molecule has 2 aliphatic heterocycles. The second-order valence-corrected chi connectivity index (χ2v) is 6.67. The molecule has 0 spiro atoms. The number of fused-ring (bicyclic) bond motifs is 3. The van der Waals surface area contributed by atoms with Crippen LogP contribution in [0.15, 0.2) is 36.9 Å². The van der Waals surface area contributed by atoms with Gasteiger partial charge in [-0.05, 0) is 12.5 Å². The predicted molar refractivity (Wildman–Crippen MR) is 87.1 cm³/mol. The number of halogens is 2. The zero-order valence-corrected chi connectivity index (χ0v) is 13.4. The molecule has 8 heteroatoms. The van der Waals surface area contributed by atoms with Crippen LogP contribution in [0.1, 0.15) is 12.0 Å². The number of nitrogens with zero attached hydrogens (tertiary/aromatic N) is 6. The van der Waals surface area contributed by atoms with Crippen LogP contribution < -0.4 is 4.90 Å². The zero-order valence-electron chi connectivity index (χ0n) is 13.4. The van der Waals surface area contributed by atoms with E-state index in [-0.39, 0.29) is 0 Å². The maximum Gasteiger partial charge on any atom is 0.203 e. The predicted octanol–water partition coefficient (Wildman–Crippen LogP) is 1.87. The molecule has 2 unspecified atom stereocenters. The van der Waals surface area contributed by atoms with Crippen LogP contribution in [0.3, 0.4) is 0 Å². The largest absolute Gasteiger partial charge is 0.348 e. The minimum atomic E-state index is -0.539. The molecule has 2 atom stereocenters. The number of piperazine rings is 1. The minimum Gasteiger partial charge on any atom is -0.348 e. The first kappa shape index (κ1) is 14.7. The fraction of sp³-hybridized carbons (Fsp3) is 0.353. The van der Waals surface area contributed by atoms with Gasteiger partial charge in [-0.15, -0.1) is 10.2 Å². The quantitative estimate of drug-likeness (QED) is 0.727. The van der Waals surface area contributed by atoms with Gasteiger partial charge in [-0.3, -0.25) is 9.30 Å². The van der Waals surface area contributed by atoms with Gasteiger partial charge in [0.1, 0.15) is 18.0 Å². The van der Waals surface area contributed by atoms with Gasteiger partial charge in [0.2, 0.25) is 5.65 Å². The van der Waals surface area contributed by atoms with Crippen molar-refractivity contribution in [2.24, 2.45) is 0 Å². The Hall–Kier alpha value is -2.61. The maximum absolute atomic E-state index is 13.9. The lowest BCUT2D eigenvalue weighted by atomic mass is 10.1. The van der Waals surface area contributed by atoms with Crippen LogP contribution in [0.2, 0.25) is 0 Å². The van der Waals surface area contributed by atoms with Crippen molar-refractivity contribution in [3.63, 3.8) is 0 Å². The second kappa shape index (κ2) is 5.45. The fourth-order valence-electron chi connectivity index (χ4n) is 4.02. The van der Waals surface area contributed by atoms with E-state index < -0.39 is 11.6 Å². The average molecular weight is 342 g/mol. The van der Waals surface area contributed by atoms with Crippen LogP contribution in [0.4, 0.5) is 14.6 Å². The number of rotatable bonds is 3. The Morgan fingerprint density at radius 3 is 2.88 bits per heavy atom. The molecule has 5 rings (SSSR count). The lowest BCUT2D eigenvalue weighted by Crippen LogP contribution is -2.46. The molecule has 2 aliphatic rings. The summed E-state index contributed by atoms with van der Waals surface area (Å²) in [5.74, 6) is -0.169. The van der Waals surface area contributed by atoms with Crippen LogP contribution in [-0.2, 0) is 6.54 Å². The molecule has 128 valence electrons. The van der Waals surface area contributed by atoms with Crippen molar-refractivity contribution in [3.8, 4) is 0 Å². The molecular weight excluding hydrogens is 326 g/mol. The smallest absolute Gasteiger partial charge is 0.203 e. The maximum atomic E-state index is 13.9. The molecule has 4 heterocycles. The summed E-state index contributed by atoms with van der Waals surface area (Å²) in [5.41, 5.74) is 1.30. The summed E-state index contributed by atoms with van der Waals surface area (Å²) < 4.78 is 28.9. The van der Waals surface area contributed by atoms with Gasteiger partial charge in [0.05, 0.1) is 0 Å². The first-order valence-electron chi connectivity index (χ1n) is 8.28. The normalized spacial score (nSPS) is 23.0. The second-order valence-electron chi connectivity index (χ2n) is 6.67. The van der Waals surface area contributed by atoms with Gasteiger partial charge in [0, 0.05) is 55.7 Å². The standard InChI is InChI=1S/C17H16F2N6/c18-12-2-1-11(15(19)5-12)7-24-8-14-6-13(24)9-25(14)16-17-22-21-10-23(17)4-3-20-16/h1-5,10,13-14H,6-9H2. The molecule has 3 aromatic rings. The Morgan fingerprint density at radius 1 is 1.16 bits per heavy atom. The third-order valence-electron chi connectivity index (χ3n) is 5.21. The molecule has 0 amide bonds. The lowest BCUT2D eigenvalue weighted by Gasteiger charge is -2.34. The van der Waals surface area contributed by atoms with Crippen molar-refractivity contribution < 1.29 is 8.78 Å². The van der Waals surface area contributed by atoms with Gasteiger partial charge in [0.25, 0.3) is 0 Å². The highest BCUT2D eigenvalue weighted by Crippen LogP contribution is 2.35. The average Bonchev–Trinajstić information content (AvgIpc) is 3.31. The van der Waals surface area contributed by atoms with E-state index in [1.807, 2.05) is 10.6 Å². The molecule has 0 N–H and O–H groups in total. The van der Waals surface area contributed by atoms with E-state index in [9.17, 15) is 8.78 Å². The van der Waals surface area contributed by atoms with Crippen LogP contribution >= 0.6 is 0 Å². The molecule has 2 aromatic heterocycles. The monoisotopic (exact) mass is 342 g/mol. The van der Waals surface area contributed by atoms with Crippen molar-refractivity contribution in [1.29, 1.82) is 0 Å². The molecule has 2 fully saturated rings. The molecule has 2 bridgehead atoms. The molecule has 6 nitrogen and oxygen atoms in total. The molecule has 2 saturated heterocycles. The van der Waals surface area contributed by atoms with Crippen LogP contribution in [0.5, 0.6) is 0 Å². The van der Waals surface area contributed by atoms with E-state index in [1.165, 1.54) is 12.1 Å². The SMILES string of the molecule is Fc1ccc(CN2CC3CC2CN3c2nccn3cnnc23)c(F)c1.